The van der Waals surface area contributed by atoms with Crippen LogP contribution in [-0.2, 0) is 36.7 Å². The number of pyridine rings is 1. The molecule has 3 nitrogen and oxygen atoms in total. The Labute approximate surface area is 323 Å². The summed E-state index contributed by atoms with van der Waals surface area (Å²) in [6, 6.07) is 21.7. The third-order valence-corrected chi connectivity index (χ3v) is 12.2. The molecule has 1 fully saturated rings. The Morgan fingerprint density at radius 2 is 1.47 bits per heavy atom. The van der Waals surface area contributed by atoms with Crippen molar-refractivity contribution in [2.75, 3.05) is 0 Å². The predicted molar refractivity (Wildman–Crippen MR) is 215 cm³/mol. The van der Waals surface area contributed by atoms with Crippen LogP contribution in [0.1, 0.15) is 143 Å². The van der Waals surface area contributed by atoms with Crippen LogP contribution in [0.25, 0.3) is 32.9 Å². The second-order valence-corrected chi connectivity index (χ2v) is 17.2. The van der Waals surface area contributed by atoms with Crippen molar-refractivity contribution in [1.82, 2.24) is 4.98 Å². The van der Waals surface area contributed by atoms with Crippen molar-refractivity contribution >= 4 is 27.5 Å². The van der Waals surface area contributed by atoms with Gasteiger partial charge < -0.3 is 5.11 Å². The molecule has 0 saturated heterocycles. The molecule has 0 spiro atoms. The number of benzene rings is 3. The number of allylic oxidation sites excluding steroid dienone is 2. The molecule has 1 radical (unpaired) electrons. The van der Waals surface area contributed by atoms with E-state index in [-0.39, 0.29) is 47.9 Å². The van der Waals surface area contributed by atoms with Crippen LogP contribution in [0, 0.1) is 36.2 Å². The number of rotatable bonds is 10. The number of aromatic nitrogens is 1. The van der Waals surface area contributed by atoms with E-state index in [1.54, 1.807) is 0 Å². The average Bonchev–Trinajstić information content (AvgIpc) is 3.51. The average molecular weight is 867 g/mol. The first-order valence-corrected chi connectivity index (χ1v) is 19.2. The maximum atomic E-state index is 12.2. The molecule has 1 heterocycles. The topological polar surface area (TPSA) is 50.2 Å². The van der Waals surface area contributed by atoms with Crippen molar-refractivity contribution in [3.05, 3.63) is 88.7 Å². The summed E-state index contributed by atoms with van der Waals surface area (Å²) in [7, 11) is 0. The van der Waals surface area contributed by atoms with Crippen molar-refractivity contribution in [2.24, 2.45) is 16.2 Å². The van der Waals surface area contributed by atoms with E-state index in [9.17, 15) is 9.90 Å². The normalized spacial score (nSPS) is 15.0. The predicted octanol–water partition coefficient (Wildman–Crippen LogP) is 13.5. The molecule has 1 saturated carbocycles. The molecule has 4 heteroatoms. The maximum Gasteiger partial charge on any atom is 0.164 e. The Morgan fingerprint density at radius 1 is 0.882 bits per heavy atom. The summed E-state index contributed by atoms with van der Waals surface area (Å²) >= 11 is 0. The summed E-state index contributed by atoms with van der Waals surface area (Å²) in [5.74, 6) is 0.286. The number of fused-ring (bicyclic) bond motifs is 2. The van der Waals surface area contributed by atoms with Crippen LogP contribution >= 0.6 is 0 Å². The van der Waals surface area contributed by atoms with Crippen LogP contribution in [-0.4, -0.2) is 15.9 Å². The number of aliphatic hydroxyl groups is 1. The monoisotopic (exact) mass is 867 g/mol. The minimum Gasteiger partial charge on any atom is -0.512 e. The molecule has 0 unspecified atom stereocenters. The van der Waals surface area contributed by atoms with Gasteiger partial charge in [-0.05, 0) is 92.4 Å². The summed E-state index contributed by atoms with van der Waals surface area (Å²) in [6.45, 7) is 25.9. The molecule has 1 aliphatic rings. The quantitative estimate of drug-likeness (QED) is 0.0981. The molecule has 1 N–H and O–H groups in total. The van der Waals surface area contributed by atoms with Crippen LogP contribution in [0.15, 0.2) is 60.4 Å². The van der Waals surface area contributed by atoms with Gasteiger partial charge in [0.1, 0.15) is 5.76 Å². The van der Waals surface area contributed by atoms with Gasteiger partial charge in [0.15, 0.2) is 5.78 Å². The van der Waals surface area contributed by atoms with Crippen molar-refractivity contribution < 1.29 is 30.0 Å². The first kappa shape index (κ1) is 42.6. The van der Waals surface area contributed by atoms with Crippen LogP contribution in [0.2, 0.25) is 0 Å². The number of nitrogens with zero attached hydrogens (tertiary/aromatic N) is 1. The molecule has 0 amide bonds. The van der Waals surface area contributed by atoms with E-state index in [1.165, 1.54) is 70.2 Å². The Hall–Kier alpha value is -2.81. The zero-order valence-electron chi connectivity index (χ0n) is 33.7. The van der Waals surface area contributed by atoms with E-state index in [0.29, 0.717) is 5.41 Å². The maximum absolute atomic E-state index is 12.2. The fraction of sp³-hybridized carbons (Fsp3) is 0.532. The third-order valence-electron chi connectivity index (χ3n) is 12.2. The molecule has 0 aliphatic heterocycles. The molecule has 0 atom stereocenters. The number of hydrogen-bond acceptors (Lipinski definition) is 3. The van der Waals surface area contributed by atoms with Crippen LogP contribution < -0.4 is 0 Å². The largest absolute Gasteiger partial charge is 0.512 e. The summed E-state index contributed by atoms with van der Waals surface area (Å²) in [5.41, 5.74) is 8.57. The molecule has 1 aromatic heterocycles. The van der Waals surface area contributed by atoms with Gasteiger partial charge in [0.2, 0.25) is 0 Å². The first-order valence-electron chi connectivity index (χ1n) is 19.2. The molecule has 4 aromatic rings. The standard InChI is InChI=1S/C32H36N.C15H28O2.Ir/c1-21-15-22(2)30-25(20-32(6)13-9-10-14-32)19-28(33-29(30)16-21)24-17-23-11-7-8-12-26(23)27(18-24)31(3,4)5;1-7-14(5,8-2)12(16)11-13(17)15(6,9-3)10-4;/h7-8,11-12,15-16,18-19H,9-10,13-14,20H2,1-6H3;11,16H,7-10H2,1-6H3;/q-1;;/b;12-11-;. The summed E-state index contributed by atoms with van der Waals surface area (Å²) < 4.78 is 0. The first-order chi connectivity index (χ1) is 23.4. The Morgan fingerprint density at radius 3 is 2.04 bits per heavy atom. The molecular formula is C47H64IrNO2-. The molecule has 1 aliphatic carbocycles. The number of hydrogen-bond donors (Lipinski definition) is 1. The number of ketones is 1. The van der Waals surface area contributed by atoms with E-state index in [2.05, 4.69) is 96.1 Å². The van der Waals surface area contributed by atoms with Crippen LogP contribution in [0.4, 0.5) is 0 Å². The zero-order chi connectivity index (χ0) is 37.1. The van der Waals surface area contributed by atoms with Gasteiger partial charge in [-0.1, -0.05) is 123 Å². The molecule has 279 valence electrons. The number of aliphatic hydroxyl groups excluding tert-OH is 1. The van der Waals surface area contributed by atoms with Gasteiger partial charge in [-0.2, -0.15) is 0 Å². The van der Waals surface area contributed by atoms with Crippen molar-refractivity contribution in [3.8, 4) is 11.3 Å². The number of carbonyl (C=O) groups is 1. The minimum atomic E-state index is -0.337. The van der Waals surface area contributed by atoms with E-state index >= 15 is 0 Å². The fourth-order valence-corrected chi connectivity index (χ4v) is 7.66. The molecule has 51 heavy (non-hydrogen) atoms. The van der Waals surface area contributed by atoms with Crippen LogP contribution in [0.5, 0.6) is 0 Å². The van der Waals surface area contributed by atoms with E-state index in [4.69, 9.17) is 4.98 Å². The molecular weight excluding hydrogens is 803 g/mol. The second-order valence-electron chi connectivity index (χ2n) is 17.2. The molecule has 3 aromatic carbocycles. The van der Waals surface area contributed by atoms with E-state index < -0.39 is 0 Å². The summed E-state index contributed by atoms with van der Waals surface area (Å²) in [5, 5.41) is 14.0. The molecule has 5 rings (SSSR count). The van der Waals surface area contributed by atoms with Gasteiger partial charge in [-0.25, -0.2) is 0 Å². The van der Waals surface area contributed by atoms with Gasteiger partial charge in [0.25, 0.3) is 0 Å². The summed E-state index contributed by atoms with van der Waals surface area (Å²) in [4.78, 5) is 17.4. The van der Waals surface area contributed by atoms with Crippen molar-refractivity contribution in [1.29, 1.82) is 0 Å². The Kier molecular flexibility index (Phi) is 14.1. The van der Waals surface area contributed by atoms with Gasteiger partial charge in [0.05, 0.1) is 5.52 Å². The van der Waals surface area contributed by atoms with E-state index in [0.717, 1.165) is 48.9 Å². The van der Waals surface area contributed by atoms with Gasteiger partial charge in [0, 0.05) is 48.1 Å². The third kappa shape index (κ3) is 9.60. The SMILES string of the molecule is CCC(C)(CC)C(=O)/C=C(\O)C(C)(CC)CC.Cc1cc(C)c2c(CC3(C)CCCC3)cc(-c3[c-]c4ccccc4c(C(C)(C)C)c3)nc2c1.[Ir]. The van der Waals surface area contributed by atoms with E-state index in [1.807, 2.05) is 41.5 Å². The molecule has 0 bridgehead atoms. The van der Waals surface area contributed by atoms with Gasteiger partial charge in [-0.3, -0.25) is 9.78 Å². The fourth-order valence-electron chi connectivity index (χ4n) is 7.66. The smallest absolute Gasteiger partial charge is 0.164 e. The second kappa shape index (κ2) is 16.9. The Bertz CT molecular complexity index is 1850. The van der Waals surface area contributed by atoms with Crippen LogP contribution in [0.3, 0.4) is 0 Å². The van der Waals surface area contributed by atoms with Crippen molar-refractivity contribution in [2.45, 2.75) is 146 Å². The number of aryl methyl sites for hydroxylation is 2. The van der Waals surface area contributed by atoms with Crippen molar-refractivity contribution in [3.63, 3.8) is 0 Å². The number of carbonyl (C=O) groups excluding carboxylic acids is 1. The minimum absolute atomic E-state index is 0. The zero-order valence-corrected chi connectivity index (χ0v) is 36.1. The van der Waals surface area contributed by atoms with Gasteiger partial charge >= 0.3 is 0 Å². The Balaban J connectivity index is 0.000000335. The van der Waals surface area contributed by atoms with Gasteiger partial charge in [-0.15, -0.1) is 29.1 Å². The summed E-state index contributed by atoms with van der Waals surface area (Å²) in [6.07, 6.45) is 11.3.